The lowest BCUT2D eigenvalue weighted by Crippen LogP contribution is -2.16. The number of aromatic nitrogens is 4. The summed E-state index contributed by atoms with van der Waals surface area (Å²) in [6.45, 7) is 2.80. The van der Waals surface area contributed by atoms with Crippen LogP contribution in [0.2, 0.25) is 0 Å². The zero-order valence-electron chi connectivity index (χ0n) is 13.5. The minimum Gasteiger partial charge on any atom is -0.355 e. The van der Waals surface area contributed by atoms with Crippen LogP contribution in [-0.4, -0.2) is 26.3 Å². The highest BCUT2D eigenvalue weighted by Gasteiger charge is 2.14. The Hall–Kier alpha value is -2.63. The highest BCUT2D eigenvalue weighted by Crippen LogP contribution is 2.15. The summed E-state index contributed by atoms with van der Waals surface area (Å²) in [5.41, 5.74) is 3.19. The normalized spacial score (nSPS) is 11.0. The molecule has 3 rings (SSSR count). The topological polar surface area (TPSA) is 75.6 Å². The van der Waals surface area contributed by atoms with Gasteiger partial charge < -0.3 is 5.32 Å². The molecule has 0 unspecified atom stereocenters. The van der Waals surface area contributed by atoms with E-state index in [4.69, 9.17) is 0 Å². The van der Waals surface area contributed by atoms with Gasteiger partial charge in [-0.25, -0.2) is 4.98 Å². The van der Waals surface area contributed by atoms with Crippen molar-refractivity contribution in [2.24, 2.45) is 7.05 Å². The first kappa shape index (κ1) is 15.3. The van der Waals surface area contributed by atoms with Gasteiger partial charge in [-0.05, 0) is 18.4 Å². The molecule has 23 heavy (non-hydrogen) atoms. The van der Waals surface area contributed by atoms with E-state index in [-0.39, 0.29) is 5.56 Å². The minimum atomic E-state index is -0.158. The Labute approximate surface area is 134 Å². The van der Waals surface area contributed by atoms with Gasteiger partial charge >= 0.3 is 0 Å². The Morgan fingerprint density at radius 3 is 2.74 bits per heavy atom. The summed E-state index contributed by atoms with van der Waals surface area (Å²) < 4.78 is 1.61. The van der Waals surface area contributed by atoms with Crippen molar-refractivity contribution in [1.82, 2.24) is 19.7 Å². The van der Waals surface area contributed by atoms with E-state index in [9.17, 15) is 4.79 Å². The minimum absolute atomic E-state index is 0.158. The first-order valence-electron chi connectivity index (χ1n) is 7.92. The third-order valence-corrected chi connectivity index (χ3v) is 3.80. The molecule has 2 heterocycles. The van der Waals surface area contributed by atoms with E-state index in [0.29, 0.717) is 23.5 Å². The molecule has 6 heteroatoms. The highest BCUT2D eigenvalue weighted by atomic mass is 16.1. The van der Waals surface area contributed by atoms with Gasteiger partial charge in [0.1, 0.15) is 5.52 Å². The van der Waals surface area contributed by atoms with Gasteiger partial charge in [-0.1, -0.05) is 43.7 Å². The second-order valence-electron chi connectivity index (χ2n) is 5.59. The van der Waals surface area contributed by atoms with Crippen LogP contribution < -0.4 is 10.9 Å². The molecule has 0 bridgehead atoms. The molecule has 120 valence electrons. The van der Waals surface area contributed by atoms with E-state index in [2.05, 4.69) is 39.4 Å². The maximum atomic E-state index is 12.3. The number of nitrogens with zero attached hydrogens (tertiary/aromatic N) is 3. The predicted octanol–water partition coefficient (Wildman–Crippen LogP) is 2.26. The average Bonchev–Trinajstić information content (AvgIpc) is 2.85. The number of rotatable bonds is 6. The van der Waals surface area contributed by atoms with Gasteiger partial charge in [0.05, 0.1) is 5.69 Å². The van der Waals surface area contributed by atoms with Crippen molar-refractivity contribution < 1.29 is 0 Å². The van der Waals surface area contributed by atoms with Crippen molar-refractivity contribution in [3.63, 3.8) is 0 Å². The summed E-state index contributed by atoms with van der Waals surface area (Å²) in [7, 11) is 1.78. The maximum Gasteiger partial charge on any atom is 0.278 e. The van der Waals surface area contributed by atoms with Gasteiger partial charge in [-0.3, -0.25) is 14.5 Å². The number of nitrogens with one attached hydrogen (secondary N) is 2. The Morgan fingerprint density at radius 1 is 1.22 bits per heavy atom. The highest BCUT2D eigenvalue weighted by molar-refractivity contribution is 5.77. The SMILES string of the molecule is CCCc1nn(C)c2c(=O)[nH]c(NCCc3ccccc3)nc12. The average molecular weight is 311 g/mol. The number of aryl methyl sites for hydroxylation is 2. The lowest BCUT2D eigenvalue weighted by atomic mass is 10.1. The first-order chi connectivity index (χ1) is 11.2. The molecule has 2 N–H and O–H groups in total. The van der Waals surface area contributed by atoms with Crippen molar-refractivity contribution >= 4 is 17.0 Å². The molecule has 0 atom stereocenters. The lowest BCUT2D eigenvalue weighted by Gasteiger charge is -2.06. The van der Waals surface area contributed by atoms with Crippen molar-refractivity contribution in [3.05, 3.63) is 51.9 Å². The van der Waals surface area contributed by atoms with Crippen LogP contribution in [0.4, 0.5) is 5.95 Å². The molecule has 0 radical (unpaired) electrons. The molecular weight excluding hydrogens is 290 g/mol. The lowest BCUT2D eigenvalue weighted by molar-refractivity contribution is 0.751. The van der Waals surface area contributed by atoms with Crippen LogP contribution in [0, 0.1) is 0 Å². The number of H-pyrrole nitrogens is 1. The van der Waals surface area contributed by atoms with Crippen LogP contribution in [0.15, 0.2) is 35.1 Å². The molecule has 0 amide bonds. The number of benzene rings is 1. The van der Waals surface area contributed by atoms with Crippen LogP contribution in [0.3, 0.4) is 0 Å². The molecule has 0 aliphatic carbocycles. The third kappa shape index (κ3) is 3.26. The van der Waals surface area contributed by atoms with Gasteiger partial charge in [-0.15, -0.1) is 0 Å². The van der Waals surface area contributed by atoms with Crippen LogP contribution >= 0.6 is 0 Å². The second kappa shape index (κ2) is 6.64. The molecule has 3 aromatic rings. The fraction of sp³-hybridized carbons (Fsp3) is 0.353. The van der Waals surface area contributed by atoms with E-state index in [1.54, 1.807) is 11.7 Å². The Morgan fingerprint density at radius 2 is 2.00 bits per heavy atom. The molecule has 2 aromatic heterocycles. The van der Waals surface area contributed by atoms with E-state index in [1.807, 2.05) is 18.2 Å². The summed E-state index contributed by atoms with van der Waals surface area (Å²) in [5.74, 6) is 0.504. The Kier molecular flexibility index (Phi) is 4.41. The molecule has 0 spiro atoms. The quantitative estimate of drug-likeness (QED) is 0.732. The summed E-state index contributed by atoms with van der Waals surface area (Å²) in [5, 5.41) is 7.62. The van der Waals surface area contributed by atoms with Crippen LogP contribution in [0.5, 0.6) is 0 Å². The number of aromatic amines is 1. The zero-order valence-corrected chi connectivity index (χ0v) is 13.5. The van der Waals surface area contributed by atoms with E-state index in [1.165, 1.54) is 5.56 Å². The number of hydrogen-bond acceptors (Lipinski definition) is 4. The summed E-state index contributed by atoms with van der Waals surface area (Å²) in [6.07, 6.45) is 2.66. The molecule has 0 saturated carbocycles. The van der Waals surface area contributed by atoms with Gasteiger partial charge in [0.25, 0.3) is 5.56 Å². The van der Waals surface area contributed by atoms with Crippen molar-refractivity contribution in [3.8, 4) is 0 Å². The van der Waals surface area contributed by atoms with Gasteiger partial charge in [0.2, 0.25) is 5.95 Å². The van der Waals surface area contributed by atoms with E-state index >= 15 is 0 Å². The number of anilines is 1. The van der Waals surface area contributed by atoms with E-state index in [0.717, 1.165) is 25.0 Å². The van der Waals surface area contributed by atoms with Crippen molar-refractivity contribution in [2.45, 2.75) is 26.2 Å². The fourth-order valence-corrected chi connectivity index (χ4v) is 2.71. The fourth-order valence-electron chi connectivity index (χ4n) is 2.71. The second-order valence-corrected chi connectivity index (χ2v) is 5.59. The smallest absolute Gasteiger partial charge is 0.278 e. The summed E-state index contributed by atoms with van der Waals surface area (Å²) in [6, 6.07) is 10.2. The van der Waals surface area contributed by atoms with Crippen molar-refractivity contribution in [1.29, 1.82) is 0 Å². The molecule has 0 aliphatic rings. The van der Waals surface area contributed by atoms with Crippen molar-refractivity contribution in [2.75, 3.05) is 11.9 Å². The molecule has 0 fully saturated rings. The zero-order chi connectivity index (χ0) is 16.2. The summed E-state index contributed by atoms with van der Waals surface area (Å²) in [4.78, 5) is 19.6. The van der Waals surface area contributed by atoms with Crippen LogP contribution in [-0.2, 0) is 19.9 Å². The van der Waals surface area contributed by atoms with Gasteiger partial charge in [0, 0.05) is 13.6 Å². The Balaban J connectivity index is 1.81. The van der Waals surface area contributed by atoms with Crippen LogP contribution in [0.1, 0.15) is 24.6 Å². The first-order valence-corrected chi connectivity index (χ1v) is 7.92. The number of hydrogen-bond donors (Lipinski definition) is 2. The predicted molar refractivity (Wildman–Crippen MR) is 91.8 cm³/mol. The van der Waals surface area contributed by atoms with E-state index < -0.39 is 0 Å². The Bertz CT molecular complexity index is 851. The van der Waals surface area contributed by atoms with Gasteiger partial charge in [0.15, 0.2) is 5.52 Å². The summed E-state index contributed by atoms with van der Waals surface area (Å²) >= 11 is 0. The van der Waals surface area contributed by atoms with Crippen LogP contribution in [0.25, 0.3) is 11.0 Å². The van der Waals surface area contributed by atoms with Gasteiger partial charge in [-0.2, -0.15) is 5.10 Å². The largest absolute Gasteiger partial charge is 0.355 e. The monoisotopic (exact) mass is 311 g/mol. The standard InChI is InChI=1S/C17H21N5O/c1-3-7-13-14-15(22(2)21-13)16(23)20-17(19-14)18-11-10-12-8-5-4-6-9-12/h4-6,8-9H,3,7,10-11H2,1-2H3,(H2,18,19,20,23). The molecular formula is C17H21N5O. The molecule has 6 nitrogen and oxygen atoms in total. The molecule has 0 aliphatic heterocycles. The number of fused-ring (bicyclic) bond motifs is 1. The molecule has 1 aromatic carbocycles. The molecule has 0 saturated heterocycles. The third-order valence-electron chi connectivity index (χ3n) is 3.80. The maximum absolute atomic E-state index is 12.3.